The van der Waals surface area contributed by atoms with Crippen molar-refractivity contribution in [1.29, 1.82) is 0 Å². The molecular formula is C10H21O5P. The molecule has 1 saturated heterocycles. The van der Waals surface area contributed by atoms with Crippen LogP contribution in [0.25, 0.3) is 0 Å². The Morgan fingerprint density at radius 2 is 2.12 bits per heavy atom. The second-order valence-electron chi connectivity index (χ2n) is 4.62. The predicted octanol–water partition coefficient (Wildman–Crippen LogP) is 2.34. The van der Waals surface area contributed by atoms with Crippen LogP contribution < -0.4 is 0 Å². The highest BCUT2D eigenvalue weighted by Gasteiger charge is 2.32. The van der Waals surface area contributed by atoms with Gasteiger partial charge in [-0.15, -0.1) is 0 Å². The average Bonchev–Trinajstić information content (AvgIpc) is 2.39. The maximum Gasteiger partial charge on any atom is 0.472 e. The van der Waals surface area contributed by atoms with Gasteiger partial charge in [-0.1, -0.05) is 6.92 Å². The Bertz CT molecular complexity index is 268. The highest BCUT2D eigenvalue weighted by molar-refractivity contribution is 7.47. The summed E-state index contributed by atoms with van der Waals surface area (Å²) in [5, 5.41) is 0. The van der Waals surface area contributed by atoms with Crippen LogP contribution in [0.3, 0.4) is 0 Å². The fraction of sp³-hybridized carbons (Fsp3) is 1.00. The van der Waals surface area contributed by atoms with Crippen LogP contribution in [0.15, 0.2) is 0 Å². The van der Waals surface area contributed by atoms with Crippen molar-refractivity contribution in [3.8, 4) is 0 Å². The van der Waals surface area contributed by atoms with Crippen molar-refractivity contribution in [2.45, 2.75) is 52.4 Å². The standard InChI is InChI=1S/C10H21O5P/c1-7(2)15-16(11,12)13-6-10-8(3)5-9(4)14-10/h7-10H,5-6H2,1-4H3,(H,11,12)/t8?,9-,10+/m0/s1. The maximum absolute atomic E-state index is 11.4. The molecule has 5 nitrogen and oxygen atoms in total. The highest BCUT2D eigenvalue weighted by atomic mass is 31.2. The molecule has 0 amide bonds. The molecule has 1 aliphatic heterocycles. The topological polar surface area (TPSA) is 65.0 Å². The van der Waals surface area contributed by atoms with Crippen LogP contribution in [0, 0.1) is 5.92 Å². The summed E-state index contributed by atoms with van der Waals surface area (Å²) < 4.78 is 26.7. The van der Waals surface area contributed by atoms with E-state index in [1.165, 1.54) is 0 Å². The molecule has 1 rings (SSSR count). The number of rotatable bonds is 5. The minimum atomic E-state index is -3.93. The first-order chi connectivity index (χ1) is 7.30. The Morgan fingerprint density at radius 1 is 1.50 bits per heavy atom. The lowest BCUT2D eigenvalue weighted by Gasteiger charge is -2.19. The van der Waals surface area contributed by atoms with Crippen molar-refractivity contribution in [3.63, 3.8) is 0 Å². The Kier molecular flexibility index (Phi) is 4.95. The Morgan fingerprint density at radius 3 is 2.56 bits per heavy atom. The number of hydrogen-bond donors (Lipinski definition) is 1. The average molecular weight is 252 g/mol. The largest absolute Gasteiger partial charge is 0.472 e. The van der Waals surface area contributed by atoms with Crippen molar-refractivity contribution < 1.29 is 23.2 Å². The lowest BCUT2D eigenvalue weighted by Crippen LogP contribution is -2.21. The molecule has 0 saturated carbocycles. The normalized spacial score (nSPS) is 34.2. The highest BCUT2D eigenvalue weighted by Crippen LogP contribution is 2.45. The molecule has 0 spiro atoms. The molecule has 1 aliphatic rings. The van der Waals surface area contributed by atoms with E-state index in [1.807, 2.05) is 13.8 Å². The van der Waals surface area contributed by atoms with E-state index in [0.29, 0.717) is 5.92 Å². The molecule has 0 aromatic rings. The van der Waals surface area contributed by atoms with Crippen LogP contribution in [0.4, 0.5) is 0 Å². The smallest absolute Gasteiger partial charge is 0.373 e. The van der Waals surface area contributed by atoms with Crippen molar-refractivity contribution >= 4 is 7.82 Å². The molecule has 0 aliphatic carbocycles. The lowest BCUT2D eigenvalue weighted by molar-refractivity contribution is 0.00245. The quantitative estimate of drug-likeness (QED) is 0.761. The molecule has 0 aromatic carbocycles. The minimum Gasteiger partial charge on any atom is -0.373 e. The zero-order valence-electron chi connectivity index (χ0n) is 10.3. The molecule has 4 atom stereocenters. The van der Waals surface area contributed by atoms with Gasteiger partial charge in [0.1, 0.15) is 0 Å². The minimum absolute atomic E-state index is 0.103. The molecular weight excluding hydrogens is 231 g/mol. The van der Waals surface area contributed by atoms with E-state index in [2.05, 4.69) is 0 Å². The third-order valence-corrected chi connectivity index (χ3v) is 3.65. The van der Waals surface area contributed by atoms with Gasteiger partial charge >= 0.3 is 7.82 Å². The molecule has 96 valence electrons. The van der Waals surface area contributed by atoms with E-state index in [4.69, 9.17) is 13.8 Å². The van der Waals surface area contributed by atoms with Crippen LogP contribution in [0.1, 0.15) is 34.1 Å². The fourth-order valence-electron chi connectivity index (χ4n) is 1.83. The number of phosphoric ester groups is 1. The van der Waals surface area contributed by atoms with Crippen LogP contribution in [-0.2, 0) is 18.3 Å². The molecule has 6 heteroatoms. The third-order valence-electron chi connectivity index (χ3n) is 2.49. The predicted molar refractivity (Wildman–Crippen MR) is 60.1 cm³/mol. The van der Waals surface area contributed by atoms with Crippen molar-refractivity contribution in [2.24, 2.45) is 5.92 Å². The van der Waals surface area contributed by atoms with Crippen molar-refractivity contribution in [2.75, 3.05) is 6.61 Å². The van der Waals surface area contributed by atoms with E-state index in [1.54, 1.807) is 13.8 Å². The van der Waals surface area contributed by atoms with Gasteiger partial charge in [0.05, 0.1) is 24.9 Å². The van der Waals surface area contributed by atoms with Crippen LogP contribution in [0.5, 0.6) is 0 Å². The lowest BCUT2D eigenvalue weighted by atomic mass is 10.0. The van der Waals surface area contributed by atoms with Crippen LogP contribution in [-0.4, -0.2) is 29.8 Å². The van der Waals surface area contributed by atoms with Crippen LogP contribution in [0.2, 0.25) is 0 Å². The second kappa shape index (κ2) is 5.61. The number of ether oxygens (including phenoxy) is 1. The summed E-state index contributed by atoms with van der Waals surface area (Å²) >= 11 is 0. The van der Waals surface area contributed by atoms with E-state index in [0.717, 1.165) is 6.42 Å². The van der Waals surface area contributed by atoms with Crippen molar-refractivity contribution in [1.82, 2.24) is 0 Å². The fourth-order valence-corrected chi connectivity index (χ4v) is 2.76. The zero-order valence-corrected chi connectivity index (χ0v) is 11.1. The Labute approximate surface area is 96.7 Å². The molecule has 0 bridgehead atoms. The summed E-state index contributed by atoms with van der Waals surface area (Å²) in [5.74, 6) is 0.342. The number of phosphoric acid groups is 1. The van der Waals surface area contributed by atoms with Gasteiger partial charge in [0, 0.05) is 0 Å². The van der Waals surface area contributed by atoms with Gasteiger partial charge in [0.15, 0.2) is 0 Å². The Hall–Kier alpha value is 0.0700. The van der Waals surface area contributed by atoms with E-state index < -0.39 is 7.82 Å². The van der Waals surface area contributed by atoms with E-state index in [-0.39, 0.29) is 24.9 Å². The van der Waals surface area contributed by atoms with Gasteiger partial charge in [-0.05, 0) is 33.1 Å². The van der Waals surface area contributed by atoms with Gasteiger partial charge in [0.2, 0.25) is 0 Å². The molecule has 2 unspecified atom stereocenters. The Balaban J connectivity index is 2.36. The van der Waals surface area contributed by atoms with Gasteiger partial charge in [-0.25, -0.2) is 4.57 Å². The second-order valence-corrected chi connectivity index (χ2v) is 6.02. The van der Waals surface area contributed by atoms with Crippen LogP contribution >= 0.6 is 7.82 Å². The number of hydrogen-bond acceptors (Lipinski definition) is 4. The first kappa shape index (κ1) is 14.1. The molecule has 1 heterocycles. The molecule has 1 N–H and O–H groups in total. The van der Waals surface area contributed by atoms with E-state index >= 15 is 0 Å². The summed E-state index contributed by atoms with van der Waals surface area (Å²) in [6.07, 6.45) is 0.685. The van der Waals surface area contributed by atoms with Gasteiger partial charge in [-0.3, -0.25) is 9.05 Å². The molecule has 0 aromatic heterocycles. The first-order valence-electron chi connectivity index (χ1n) is 5.61. The first-order valence-corrected chi connectivity index (χ1v) is 7.11. The summed E-state index contributed by atoms with van der Waals surface area (Å²) in [7, 11) is -3.93. The monoisotopic (exact) mass is 252 g/mol. The van der Waals surface area contributed by atoms with Crippen molar-refractivity contribution in [3.05, 3.63) is 0 Å². The molecule has 0 radical (unpaired) electrons. The molecule has 16 heavy (non-hydrogen) atoms. The van der Waals surface area contributed by atoms with Gasteiger partial charge in [-0.2, -0.15) is 0 Å². The summed E-state index contributed by atoms with van der Waals surface area (Å²) in [6.45, 7) is 7.50. The zero-order chi connectivity index (χ0) is 12.3. The van der Waals surface area contributed by atoms with Gasteiger partial charge < -0.3 is 9.63 Å². The maximum atomic E-state index is 11.4. The summed E-state index contributed by atoms with van der Waals surface area (Å²) in [4.78, 5) is 9.35. The SMILES string of the molecule is CC(C)OP(=O)(O)OC[C@H]1O[C@@H](C)CC1C. The van der Waals surface area contributed by atoms with E-state index in [9.17, 15) is 9.46 Å². The van der Waals surface area contributed by atoms with Gasteiger partial charge in [0.25, 0.3) is 0 Å². The third kappa shape index (κ3) is 4.52. The summed E-state index contributed by atoms with van der Waals surface area (Å²) in [5.41, 5.74) is 0. The summed E-state index contributed by atoms with van der Waals surface area (Å²) in [6, 6.07) is 0. The molecule has 1 fully saturated rings.